The third-order valence-corrected chi connectivity index (χ3v) is 3.11. The van der Waals surface area contributed by atoms with Gasteiger partial charge in [-0.15, -0.1) is 0 Å². The maximum absolute atomic E-state index is 12.4. The number of nitriles is 1. The van der Waals surface area contributed by atoms with E-state index in [4.69, 9.17) is 5.26 Å². The van der Waals surface area contributed by atoms with Gasteiger partial charge in [0, 0.05) is 0 Å². The van der Waals surface area contributed by atoms with Crippen LogP contribution in [0.3, 0.4) is 0 Å². The minimum Gasteiger partial charge on any atom is -0.300 e. The lowest BCUT2D eigenvalue weighted by atomic mass is 9.97. The van der Waals surface area contributed by atoms with Gasteiger partial charge in [0.25, 0.3) is 0 Å². The SMILES string of the molecule is CCCNC(C)(C#N)CCCN(CCC)CC(F)(F)F. The normalized spacial score (nSPS) is 15.1. The van der Waals surface area contributed by atoms with Gasteiger partial charge in [-0.25, -0.2) is 0 Å². The summed E-state index contributed by atoms with van der Waals surface area (Å²) in [6.45, 7) is 6.36. The van der Waals surface area contributed by atoms with Crippen LogP contribution in [0.25, 0.3) is 0 Å². The van der Waals surface area contributed by atoms with Crippen molar-refractivity contribution in [1.82, 2.24) is 10.2 Å². The van der Waals surface area contributed by atoms with Gasteiger partial charge < -0.3 is 0 Å². The van der Waals surface area contributed by atoms with Gasteiger partial charge in [0.05, 0.1) is 12.6 Å². The Balaban J connectivity index is 4.24. The van der Waals surface area contributed by atoms with Crippen LogP contribution in [-0.2, 0) is 0 Å². The standard InChI is InChI=1S/C14H26F3N3/c1-4-8-19-13(3,11-18)7-6-10-20(9-5-2)12-14(15,16)17/h19H,4-10,12H2,1-3H3. The number of halogens is 3. The second-order valence-corrected chi connectivity index (χ2v) is 5.37. The lowest BCUT2D eigenvalue weighted by Crippen LogP contribution is -2.42. The average Bonchev–Trinajstić information content (AvgIpc) is 2.35. The van der Waals surface area contributed by atoms with E-state index in [0.29, 0.717) is 32.4 Å². The molecule has 0 bridgehead atoms. The summed E-state index contributed by atoms with van der Waals surface area (Å²) in [6, 6.07) is 2.22. The van der Waals surface area contributed by atoms with E-state index in [-0.39, 0.29) is 0 Å². The van der Waals surface area contributed by atoms with Crippen LogP contribution in [0.15, 0.2) is 0 Å². The number of nitrogens with zero attached hydrogens (tertiary/aromatic N) is 2. The predicted molar refractivity (Wildman–Crippen MR) is 74.3 cm³/mol. The molecule has 0 aromatic heterocycles. The Kier molecular flexibility index (Phi) is 8.83. The van der Waals surface area contributed by atoms with Gasteiger partial charge in [-0.2, -0.15) is 18.4 Å². The van der Waals surface area contributed by atoms with Crippen LogP contribution in [0.1, 0.15) is 46.5 Å². The third-order valence-electron chi connectivity index (χ3n) is 3.11. The molecule has 20 heavy (non-hydrogen) atoms. The first-order valence-electron chi connectivity index (χ1n) is 7.21. The molecule has 0 fully saturated rings. The summed E-state index contributed by atoms with van der Waals surface area (Å²) in [6.07, 6.45) is -1.40. The summed E-state index contributed by atoms with van der Waals surface area (Å²) >= 11 is 0. The monoisotopic (exact) mass is 293 g/mol. The van der Waals surface area contributed by atoms with Crippen LogP contribution < -0.4 is 5.32 Å². The Labute approximate surface area is 120 Å². The van der Waals surface area contributed by atoms with Crippen LogP contribution in [0.2, 0.25) is 0 Å². The van der Waals surface area contributed by atoms with E-state index in [0.717, 1.165) is 13.0 Å². The highest BCUT2D eigenvalue weighted by Gasteiger charge is 2.30. The Morgan fingerprint density at radius 2 is 1.80 bits per heavy atom. The molecule has 0 aliphatic rings. The summed E-state index contributed by atoms with van der Waals surface area (Å²) in [7, 11) is 0. The summed E-state index contributed by atoms with van der Waals surface area (Å²) in [5.74, 6) is 0. The molecule has 0 rings (SSSR count). The van der Waals surface area contributed by atoms with Crippen LogP contribution in [-0.4, -0.2) is 42.8 Å². The first kappa shape index (κ1) is 19.2. The fourth-order valence-electron chi connectivity index (χ4n) is 2.08. The summed E-state index contributed by atoms with van der Waals surface area (Å²) in [5.41, 5.74) is -0.647. The average molecular weight is 293 g/mol. The molecule has 0 aromatic carbocycles. The third kappa shape index (κ3) is 9.16. The van der Waals surface area contributed by atoms with E-state index in [1.807, 2.05) is 13.8 Å². The van der Waals surface area contributed by atoms with Gasteiger partial charge in [-0.1, -0.05) is 13.8 Å². The van der Waals surface area contributed by atoms with Crippen LogP contribution in [0.4, 0.5) is 13.2 Å². The molecule has 1 unspecified atom stereocenters. The smallest absolute Gasteiger partial charge is 0.300 e. The van der Waals surface area contributed by atoms with Gasteiger partial charge >= 0.3 is 6.18 Å². The minimum atomic E-state index is -4.16. The van der Waals surface area contributed by atoms with Crippen molar-refractivity contribution in [3.63, 3.8) is 0 Å². The quantitative estimate of drug-likeness (QED) is 0.671. The van der Waals surface area contributed by atoms with Crippen molar-refractivity contribution in [2.45, 2.75) is 58.2 Å². The first-order valence-corrected chi connectivity index (χ1v) is 7.21. The number of hydrogen-bond acceptors (Lipinski definition) is 3. The lowest BCUT2D eigenvalue weighted by molar-refractivity contribution is -0.146. The van der Waals surface area contributed by atoms with E-state index >= 15 is 0 Å². The van der Waals surface area contributed by atoms with Crippen LogP contribution >= 0.6 is 0 Å². The molecule has 0 amide bonds. The highest BCUT2D eigenvalue weighted by Crippen LogP contribution is 2.18. The highest BCUT2D eigenvalue weighted by molar-refractivity contribution is 5.03. The summed E-state index contributed by atoms with van der Waals surface area (Å²) < 4.78 is 37.2. The molecule has 0 spiro atoms. The van der Waals surface area contributed by atoms with Crippen LogP contribution in [0, 0.1) is 11.3 Å². The van der Waals surface area contributed by atoms with E-state index in [1.165, 1.54) is 4.90 Å². The Morgan fingerprint density at radius 3 is 2.25 bits per heavy atom. The topological polar surface area (TPSA) is 39.1 Å². The van der Waals surface area contributed by atoms with Crippen molar-refractivity contribution in [2.24, 2.45) is 0 Å². The van der Waals surface area contributed by atoms with Crippen molar-refractivity contribution in [1.29, 1.82) is 5.26 Å². The zero-order valence-electron chi connectivity index (χ0n) is 12.7. The molecular formula is C14H26F3N3. The Bertz CT molecular complexity index is 299. The van der Waals surface area contributed by atoms with Gasteiger partial charge in [0.2, 0.25) is 0 Å². The zero-order valence-corrected chi connectivity index (χ0v) is 12.7. The lowest BCUT2D eigenvalue weighted by Gasteiger charge is -2.26. The predicted octanol–water partition coefficient (Wildman–Crippen LogP) is 3.32. The number of nitrogens with one attached hydrogen (secondary N) is 1. The number of hydrogen-bond donors (Lipinski definition) is 1. The maximum Gasteiger partial charge on any atom is 0.401 e. The molecule has 118 valence electrons. The molecule has 0 saturated heterocycles. The molecule has 1 atom stereocenters. The second kappa shape index (κ2) is 9.19. The molecule has 0 radical (unpaired) electrons. The molecule has 0 aromatic rings. The summed E-state index contributed by atoms with van der Waals surface area (Å²) in [5, 5.41) is 12.3. The molecule has 6 heteroatoms. The molecule has 0 aliphatic heterocycles. The van der Waals surface area contributed by atoms with Gasteiger partial charge in [0.15, 0.2) is 0 Å². The number of rotatable bonds is 10. The van der Waals surface area contributed by atoms with Crippen molar-refractivity contribution >= 4 is 0 Å². The van der Waals surface area contributed by atoms with Crippen molar-refractivity contribution in [3.05, 3.63) is 0 Å². The summed E-state index contributed by atoms with van der Waals surface area (Å²) in [4.78, 5) is 1.41. The van der Waals surface area contributed by atoms with Crippen molar-refractivity contribution < 1.29 is 13.2 Å². The Morgan fingerprint density at radius 1 is 1.15 bits per heavy atom. The number of alkyl halides is 3. The van der Waals surface area contributed by atoms with Crippen molar-refractivity contribution in [2.75, 3.05) is 26.2 Å². The van der Waals surface area contributed by atoms with E-state index in [2.05, 4.69) is 11.4 Å². The molecule has 0 heterocycles. The van der Waals surface area contributed by atoms with Gasteiger partial charge in [-0.3, -0.25) is 10.2 Å². The van der Waals surface area contributed by atoms with Crippen molar-refractivity contribution in [3.8, 4) is 6.07 Å². The van der Waals surface area contributed by atoms with E-state index < -0.39 is 18.3 Å². The van der Waals surface area contributed by atoms with E-state index in [9.17, 15) is 13.2 Å². The maximum atomic E-state index is 12.4. The second-order valence-electron chi connectivity index (χ2n) is 5.37. The zero-order chi connectivity index (χ0) is 15.6. The van der Waals surface area contributed by atoms with Gasteiger partial charge in [-0.05, 0) is 52.2 Å². The van der Waals surface area contributed by atoms with E-state index in [1.54, 1.807) is 6.92 Å². The fraction of sp³-hybridized carbons (Fsp3) is 0.929. The first-order chi connectivity index (χ1) is 9.26. The molecule has 3 nitrogen and oxygen atoms in total. The largest absolute Gasteiger partial charge is 0.401 e. The molecule has 1 N–H and O–H groups in total. The Hall–Kier alpha value is -0.800. The van der Waals surface area contributed by atoms with Gasteiger partial charge in [0.1, 0.15) is 5.54 Å². The molecule has 0 aliphatic carbocycles. The van der Waals surface area contributed by atoms with Crippen LogP contribution in [0.5, 0.6) is 0 Å². The highest BCUT2D eigenvalue weighted by atomic mass is 19.4. The minimum absolute atomic E-state index is 0.373. The fourth-order valence-corrected chi connectivity index (χ4v) is 2.08. The molecular weight excluding hydrogens is 267 g/mol. The molecule has 0 saturated carbocycles.